The molecule has 0 unspecified atom stereocenters. The minimum atomic E-state index is -0.935. The topological polar surface area (TPSA) is 81.0 Å². The van der Waals surface area contributed by atoms with Crippen molar-refractivity contribution >= 4 is 17.5 Å². The van der Waals surface area contributed by atoms with Gasteiger partial charge in [-0.1, -0.05) is 11.6 Å². The molecule has 92 valence electrons. The van der Waals surface area contributed by atoms with E-state index in [1.54, 1.807) is 0 Å². The molecule has 1 aliphatic rings. The van der Waals surface area contributed by atoms with Gasteiger partial charge in [0.05, 0.1) is 22.8 Å². The average Bonchev–Trinajstić information content (AvgIpc) is 2.62. The molecular weight excluding hydrogens is 246 g/mol. The monoisotopic (exact) mass is 257 g/mol. The first-order valence-electron chi connectivity index (χ1n) is 5.13. The van der Waals surface area contributed by atoms with E-state index in [9.17, 15) is 20.1 Å². The van der Waals surface area contributed by atoms with Gasteiger partial charge in [-0.3, -0.25) is 4.79 Å². The van der Waals surface area contributed by atoms with Crippen molar-refractivity contribution in [1.29, 1.82) is 0 Å². The number of phenols is 1. The summed E-state index contributed by atoms with van der Waals surface area (Å²) < 4.78 is 0. The highest BCUT2D eigenvalue weighted by Crippen LogP contribution is 2.24. The number of halogens is 1. The number of β-amino-alcohol motifs (C(OH)–C–C–N with tert-alkyl or cyclic N) is 2. The van der Waals surface area contributed by atoms with Crippen LogP contribution >= 0.6 is 11.6 Å². The van der Waals surface area contributed by atoms with E-state index < -0.39 is 18.1 Å². The van der Waals surface area contributed by atoms with Gasteiger partial charge >= 0.3 is 0 Å². The van der Waals surface area contributed by atoms with E-state index in [4.69, 9.17) is 11.6 Å². The highest BCUT2D eigenvalue weighted by atomic mass is 35.5. The van der Waals surface area contributed by atoms with Crippen LogP contribution in [-0.2, 0) is 0 Å². The largest absolute Gasteiger partial charge is 0.508 e. The molecule has 0 aliphatic carbocycles. The van der Waals surface area contributed by atoms with Crippen molar-refractivity contribution in [1.82, 2.24) is 4.90 Å². The molecule has 1 aliphatic heterocycles. The summed E-state index contributed by atoms with van der Waals surface area (Å²) in [5.74, 6) is -0.473. The highest BCUT2D eigenvalue weighted by molar-refractivity contribution is 6.33. The molecule has 1 amide bonds. The van der Waals surface area contributed by atoms with Gasteiger partial charge < -0.3 is 20.2 Å². The number of benzene rings is 1. The first-order chi connectivity index (χ1) is 7.99. The third kappa shape index (κ3) is 2.36. The second-order valence-electron chi connectivity index (χ2n) is 4.01. The van der Waals surface area contributed by atoms with Gasteiger partial charge in [-0.2, -0.15) is 0 Å². The minimum Gasteiger partial charge on any atom is -0.508 e. The molecule has 2 rings (SSSR count). The van der Waals surface area contributed by atoms with Gasteiger partial charge in [0.15, 0.2) is 0 Å². The van der Waals surface area contributed by atoms with Crippen molar-refractivity contribution in [3.63, 3.8) is 0 Å². The van der Waals surface area contributed by atoms with Crippen LogP contribution in [0.15, 0.2) is 18.2 Å². The number of aliphatic hydroxyl groups excluding tert-OH is 2. The molecule has 1 saturated heterocycles. The van der Waals surface area contributed by atoms with Gasteiger partial charge in [0.25, 0.3) is 5.91 Å². The minimum absolute atomic E-state index is 0.0574. The van der Waals surface area contributed by atoms with Gasteiger partial charge in [0.1, 0.15) is 5.75 Å². The van der Waals surface area contributed by atoms with Crippen LogP contribution in [0.3, 0.4) is 0 Å². The Morgan fingerprint density at radius 2 is 1.88 bits per heavy atom. The Morgan fingerprint density at radius 3 is 2.47 bits per heavy atom. The van der Waals surface area contributed by atoms with E-state index in [0.717, 1.165) is 0 Å². The predicted octanol–water partition coefficient (Wildman–Crippen LogP) is 0.223. The molecule has 0 aromatic heterocycles. The third-order valence-electron chi connectivity index (χ3n) is 2.73. The van der Waals surface area contributed by atoms with E-state index in [1.807, 2.05) is 0 Å². The molecule has 17 heavy (non-hydrogen) atoms. The molecule has 2 atom stereocenters. The maximum absolute atomic E-state index is 12.0. The quantitative estimate of drug-likeness (QED) is 0.672. The van der Waals surface area contributed by atoms with Crippen LogP contribution in [-0.4, -0.2) is 51.4 Å². The SMILES string of the molecule is O=C(c1cc(O)ccc1Cl)N1C[C@@H](O)[C@@H](O)C1. The Balaban J connectivity index is 2.23. The molecule has 0 bridgehead atoms. The lowest BCUT2D eigenvalue weighted by molar-refractivity contribution is 0.0572. The van der Waals surface area contributed by atoms with Crippen molar-refractivity contribution < 1.29 is 20.1 Å². The number of hydrogen-bond donors (Lipinski definition) is 3. The summed E-state index contributed by atoms with van der Waals surface area (Å²) in [5, 5.41) is 28.3. The van der Waals surface area contributed by atoms with E-state index in [0.29, 0.717) is 0 Å². The van der Waals surface area contributed by atoms with Crippen LogP contribution in [0.4, 0.5) is 0 Å². The van der Waals surface area contributed by atoms with E-state index in [1.165, 1.54) is 23.1 Å². The molecular formula is C11H12ClNO4. The van der Waals surface area contributed by atoms with Crippen LogP contribution in [0.5, 0.6) is 5.75 Å². The number of nitrogens with zero attached hydrogens (tertiary/aromatic N) is 1. The van der Waals surface area contributed by atoms with Crippen molar-refractivity contribution in [2.24, 2.45) is 0 Å². The van der Waals surface area contributed by atoms with Crippen molar-refractivity contribution in [3.05, 3.63) is 28.8 Å². The number of phenolic OH excluding ortho intramolecular Hbond substituents is 1. The van der Waals surface area contributed by atoms with Gasteiger partial charge in [-0.05, 0) is 18.2 Å². The Labute approximate surface area is 103 Å². The number of likely N-dealkylation sites (tertiary alicyclic amines) is 1. The maximum Gasteiger partial charge on any atom is 0.255 e. The molecule has 1 aromatic rings. The van der Waals surface area contributed by atoms with Gasteiger partial charge in [-0.25, -0.2) is 0 Å². The number of carbonyl (C=O) groups is 1. The zero-order chi connectivity index (χ0) is 12.6. The lowest BCUT2D eigenvalue weighted by atomic mass is 10.2. The molecule has 3 N–H and O–H groups in total. The zero-order valence-corrected chi connectivity index (χ0v) is 9.63. The lowest BCUT2D eigenvalue weighted by Crippen LogP contribution is -2.30. The lowest BCUT2D eigenvalue weighted by Gasteiger charge is -2.16. The van der Waals surface area contributed by atoms with Crippen LogP contribution in [0, 0.1) is 0 Å². The van der Waals surface area contributed by atoms with E-state index >= 15 is 0 Å². The van der Waals surface area contributed by atoms with Gasteiger partial charge in [0.2, 0.25) is 0 Å². The standard InChI is InChI=1S/C11H12ClNO4/c12-8-2-1-6(14)3-7(8)11(17)13-4-9(15)10(16)5-13/h1-3,9-10,14-16H,4-5H2/t9-,10+. The summed E-state index contributed by atoms with van der Waals surface area (Å²) in [6.07, 6.45) is -1.87. The highest BCUT2D eigenvalue weighted by Gasteiger charge is 2.33. The number of hydrogen-bond acceptors (Lipinski definition) is 4. The molecule has 5 nitrogen and oxygen atoms in total. The normalized spacial score (nSPS) is 24.1. The Bertz CT molecular complexity index is 441. The first kappa shape index (κ1) is 12.2. The molecule has 1 aromatic carbocycles. The number of carbonyl (C=O) groups excluding carboxylic acids is 1. The summed E-state index contributed by atoms with van der Waals surface area (Å²) in [7, 11) is 0. The first-order valence-corrected chi connectivity index (χ1v) is 5.51. The summed E-state index contributed by atoms with van der Waals surface area (Å²) in [6, 6.07) is 4.07. The summed E-state index contributed by atoms with van der Waals surface area (Å²) in [4.78, 5) is 13.3. The number of aromatic hydroxyl groups is 1. The van der Waals surface area contributed by atoms with Gasteiger partial charge in [0, 0.05) is 13.1 Å². The van der Waals surface area contributed by atoms with Crippen LogP contribution in [0.2, 0.25) is 5.02 Å². The van der Waals surface area contributed by atoms with Crippen molar-refractivity contribution in [2.75, 3.05) is 13.1 Å². The average molecular weight is 258 g/mol. The predicted molar refractivity (Wildman–Crippen MR) is 61.0 cm³/mol. The summed E-state index contributed by atoms with van der Waals surface area (Å²) in [5.41, 5.74) is 0.160. The fourth-order valence-electron chi connectivity index (χ4n) is 1.78. The smallest absolute Gasteiger partial charge is 0.255 e. The molecule has 0 radical (unpaired) electrons. The van der Waals surface area contributed by atoms with E-state index in [-0.39, 0.29) is 29.4 Å². The summed E-state index contributed by atoms with van der Waals surface area (Å²) in [6.45, 7) is 0.123. The molecule has 6 heteroatoms. The Hall–Kier alpha value is -1.30. The second-order valence-corrected chi connectivity index (χ2v) is 4.42. The summed E-state index contributed by atoms with van der Waals surface area (Å²) >= 11 is 5.86. The number of aliphatic hydroxyl groups is 2. The number of amides is 1. The van der Waals surface area contributed by atoms with Crippen molar-refractivity contribution in [2.45, 2.75) is 12.2 Å². The van der Waals surface area contributed by atoms with E-state index in [2.05, 4.69) is 0 Å². The molecule has 0 spiro atoms. The fourth-order valence-corrected chi connectivity index (χ4v) is 1.98. The zero-order valence-electron chi connectivity index (χ0n) is 8.88. The van der Waals surface area contributed by atoms with Gasteiger partial charge in [-0.15, -0.1) is 0 Å². The van der Waals surface area contributed by atoms with Crippen LogP contribution in [0.25, 0.3) is 0 Å². The van der Waals surface area contributed by atoms with Crippen LogP contribution in [0.1, 0.15) is 10.4 Å². The Kier molecular flexibility index (Phi) is 3.24. The molecule has 1 heterocycles. The van der Waals surface area contributed by atoms with Crippen LogP contribution < -0.4 is 0 Å². The fraction of sp³-hybridized carbons (Fsp3) is 0.364. The third-order valence-corrected chi connectivity index (χ3v) is 3.06. The molecule has 0 saturated carbocycles. The molecule has 1 fully saturated rings. The second kappa shape index (κ2) is 4.52. The van der Waals surface area contributed by atoms with Crippen molar-refractivity contribution in [3.8, 4) is 5.75 Å². The maximum atomic E-state index is 12.0. The Morgan fingerprint density at radius 1 is 1.29 bits per heavy atom. The number of rotatable bonds is 1.